The molecule has 3 aliphatic rings. The Bertz CT molecular complexity index is 1120. The van der Waals surface area contributed by atoms with E-state index in [1.807, 2.05) is 0 Å². The topological polar surface area (TPSA) is 75.6 Å². The monoisotopic (exact) mass is 478 g/mol. The molecule has 1 aromatic heterocycles. The van der Waals surface area contributed by atoms with Crippen LogP contribution in [0.3, 0.4) is 0 Å². The van der Waals surface area contributed by atoms with Crippen molar-refractivity contribution < 1.29 is 31.9 Å². The molecule has 7 nitrogen and oxygen atoms in total. The van der Waals surface area contributed by atoms with Gasteiger partial charge in [0.15, 0.2) is 5.60 Å². The van der Waals surface area contributed by atoms with Crippen LogP contribution in [-0.2, 0) is 9.53 Å². The number of benzene rings is 1. The van der Waals surface area contributed by atoms with Gasteiger partial charge in [-0.3, -0.25) is 14.6 Å². The minimum absolute atomic E-state index is 0.0557. The number of hydrogen-bond acceptors (Lipinski definition) is 5. The molecule has 4 heterocycles. The second-order valence-corrected chi connectivity index (χ2v) is 9.12. The summed E-state index contributed by atoms with van der Waals surface area (Å²) in [4.78, 5) is 36.8. The fourth-order valence-electron chi connectivity index (χ4n) is 5.32. The van der Waals surface area contributed by atoms with Crippen molar-refractivity contribution in [2.24, 2.45) is 0 Å². The first-order chi connectivity index (χ1) is 16.1. The molecule has 34 heavy (non-hydrogen) atoms. The van der Waals surface area contributed by atoms with Crippen LogP contribution >= 0.6 is 0 Å². The molecular formula is C23H22F4N4O3. The fourth-order valence-corrected chi connectivity index (χ4v) is 5.32. The lowest BCUT2D eigenvalue weighted by Gasteiger charge is -2.37. The average Bonchev–Trinajstić information content (AvgIpc) is 3.23. The van der Waals surface area contributed by atoms with E-state index in [0.29, 0.717) is 18.4 Å². The van der Waals surface area contributed by atoms with Gasteiger partial charge in [-0.1, -0.05) is 0 Å². The van der Waals surface area contributed by atoms with Crippen LogP contribution in [0.25, 0.3) is 0 Å². The Balaban J connectivity index is 1.32. The van der Waals surface area contributed by atoms with Gasteiger partial charge in [-0.05, 0) is 37.5 Å². The zero-order valence-electron chi connectivity index (χ0n) is 18.3. The highest BCUT2D eigenvalue weighted by atomic mass is 19.3. The van der Waals surface area contributed by atoms with Crippen molar-refractivity contribution in [3.63, 3.8) is 0 Å². The number of hydrogen-bond donors (Lipinski definition) is 0. The Kier molecular flexibility index (Phi) is 5.34. The van der Waals surface area contributed by atoms with Crippen molar-refractivity contribution in [1.82, 2.24) is 19.8 Å². The molecular weight excluding hydrogens is 456 g/mol. The molecule has 5 rings (SSSR count). The van der Waals surface area contributed by atoms with Crippen LogP contribution in [-0.4, -0.2) is 56.0 Å². The lowest BCUT2D eigenvalue weighted by Crippen LogP contribution is -2.51. The van der Waals surface area contributed by atoms with Crippen LogP contribution in [0.2, 0.25) is 0 Å². The number of nitrogens with zero attached hydrogens (tertiary/aromatic N) is 4. The van der Waals surface area contributed by atoms with Gasteiger partial charge >= 0.3 is 0 Å². The van der Waals surface area contributed by atoms with Crippen molar-refractivity contribution in [2.45, 2.75) is 56.4 Å². The maximum absolute atomic E-state index is 13.8. The second kappa shape index (κ2) is 8.00. The Labute approximate surface area is 192 Å². The molecule has 11 heteroatoms. The molecule has 2 amide bonds. The van der Waals surface area contributed by atoms with Gasteiger partial charge in [-0.25, -0.2) is 22.5 Å². The first-order valence-electron chi connectivity index (χ1n) is 11.0. The van der Waals surface area contributed by atoms with E-state index in [9.17, 15) is 27.2 Å². The highest BCUT2D eigenvalue weighted by molar-refractivity contribution is 5.93. The summed E-state index contributed by atoms with van der Waals surface area (Å²) in [5.41, 5.74) is -2.23. The highest BCUT2D eigenvalue weighted by Gasteiger charge is 2.63. The SMILES string of the molecule is C[C@@]12CC[C@@H](c3cc(F)cc(F)c3)N1C(=O)C1(CCN(C(=O)c3cnc(C(F)F)cn3)CC1)O2. The number of carbonyl (C=O) groups is 2. The van der Waals surface area contributed by atoms with Gasteiger partial charge in [0.2, 0.25) is 0 Å². The van der Waals surface area contributed by atoms with Crippen LogP contribution in [0.15, 0.2) is 30.6 Å². The Morgan fingerprint density at radius 1 is 1.09 bits per heavy atom. The number of amides is 2. The number of aromatic nitrogens is 2. The first-order valence-corrected chi connectivity index (χ1v) is 11.0. The maximum Gasteiger partial charge on any atom is 0.281 e. The van der Waals surface area contributed by atoms with Gasteiger partial charge in [-0.2, -0.15) is 0 Å². The number of carbonyl (C=O) groups excluding carboxylic acids is 2. The zero-order valence-corrected chi connectivity index (χ0v) is 18.3. The molecule has 0 radical (unpaired) electrons. The van der Waals surface area contributed by atoms with Crippen LogP contribution in [0.5, 0.6) is 0 Å². The number of fused-ring (bicyclic) bond motifs is 1. The van der Waals surface area contributed by atoms with Crippen molar-refractivity contribution in [3.8, 4) is 0 Å². The van der Waals surface area contributed by atoms with Crippen molar-refractivity contribution in [3.05, 3.63) is 59.2 Å². The van der Waals surface area contributed by atoms with Gasteiger partial charge in [0.1, 0.15) is 28.7 Å². The molecule has 3 fully saturated rings. The number of halogens is 4. The third kappa shape index (κ3) is 3.62. The van der Waals surface area contributed by atoms with E-state index in [1.54, 1.807) is 11.8 Å². The number of likely N-dealkylation sites (tertiary alicyclic amines) is 1. The third-order valence-electron chi connectivity index (χ3n) is 6.97. The van der Waals surface area contributed by atoms with Crippen molar-refractivity contribution in [1.29, 1.82) is 0 Å². The Hall–Kier alpha value is -3.08. The van der Waals surface area contributed by atoms with Crippen LogP contribution < -0.4 is 0 Å². The summed E-state index contributed by atoms with van der Waals surface area (Å²) < 4.78 is 59.4. The smallest absolute Gasteiger partial charge is 0.281 e. The number of rotatable bonds is 3. The molecule has 0 saturated carbocycles. The summed E-state index contributed by atoms with van der Waals surface area (Å²) in [7, 11) is 0. The Morgan fingerprint density at radius 2 is 1.76 bits per heavy atom. The average molecular weight is 478 g/mol. The molecule has 3 saturated heterocycles. The summed E-state index contributed by atoms with van der Waals surface area (Å²) in [5, 5.41) is 0. The van der Waals surface area contributed by atoms with Gasteiger partial charge in [-0.15, -0.1) is 0 Å². The van der Waals surface area contributed by atoms with Gasteiger partial charge in [0, 0.05) is 32.0 Å². The normalized spacial score (nSPS) is 25.9. The predicted octanol–water partition coefficient (Wildman–Crippen LogP) is 3.78. The predicted molar refractivity (Wildman–Crippen MR) is 110 cm³/mol. The van der Waals surface area contributed by atoms with Crippen LogP contribution in [0.1, 0.15) is 66.8 Å². The second-order valence-electron chi connectivity index (χ2n) is 9.12. The molecule has 2 atom stereocenters. The van der Waals surface area contributed by atoms with Gasteiger partial charge in [0.05, 0.1) is 18.4 Å². The minimum Gasteiger partial charge on any atom is -0.339 e. The van der Waals surface area contributed by atoms with E-state index in [1.165, 1.54) is 17.0 Å². The van der Waals surface area contributed by atoms with Crippen LogP contribution in [0, 0.1) is 11.6 Å². The summed E-state index contributed by atoms with van der Waals surface area (Å²) >= 11 is 0. The molecule has 0 unspecified atom stereocenters. The lowest BCUT2D eigenvalue weighted by molar-refractivity contribution is -0.148. The minimum atomic E-state index is -2.78. The molecule has 0 bridgehead atoms. The third-order valence-corrected chi connectivity index (χ3v) is 6.97. The fraction of sp³-hybridized carbons (Fsp3) is 0.478. The van der Waals surface area contributed by atoms with Crippen LogP contribution in [0.4, 0.5) is 17.6 Å². The summed E-state index contributed by atoms with van der Waals surface area (Å²) in [6, 6.07) is 2.75. The van der Waals surface area contributed by atoms with E-state index < -0.39 is 47.0 Å². The lowest BCUT2D eigenvalue weighted by atomic mass is 9.89. The molecule has 3 aliphatic heterocycles. The highest BCUT2D eigenvalue weighted by Crippen LogP contribution is 2.53. The molecule has 0 aliphatic carbocycles. The van der Waals surface area contributed by atoms with Gasteiger partial charge in [0.25, 0.3) is 18.2 Å². The summed E-state index contributed by atoms with van der Waals surface area (Å²) in [6.07, 6.45) is 0.605. The van der Waals surface area contributed by atoms with E-state index in [4.69, 9.17) is 4.74 Å². The van der Waals surface area contributed by atoms with E-state index in [2.05, 4.69) is 9.97 Å². The molecule has 1 spiro atoms. The number of piperidine rings is 1. The van der Waals surface area contributed by atoms with Crippen molar-refractivity contribution in [2.75, 3.05) is 13.1 Å². The van der Waals surface area contributed by atoms with E-state index in [-0.39, 0.29) is 37.5 Å². The molecule has 2 aromatic rings. The first kappa shape index (κ1) is 22.7. The molecule has 0 N–H and O–H groups in total. The van der Waals surface area contributed by atoms with E-state index in [0.717, 1.165) is 18.5 Å². The maximum atomic E-state index is 13.8. The van der Waals surface area contributed by atoms with Crippen molar-refractivity contribution >= 4 is 11.8 Å². The quantitative estimate of drug-likeness (QED) is 0.628. The summed E-state index contributed by atoms with van der Waals surface area (Å²) in [6.45, 7) is 2.20. The van der Waals surface area contributed by atoms with E-state index >= 15 is 0 Å². The summed E-state index contributed by atoms with van der Waals surface area (Å²) in [5.74, 6) is -2.13. The largest absolute Gasteiger partial charge is 0.339 e. The molecule has 180 valence electrons. The Morgan fingerprint density at radius 3 is 2.35 bits per heavy atom. The number of ether oxygens (including phenoxy) is 1. The van der Waals surface area contributed by atoms with Gasteiger partial charge < -0.3 is 14.5 Å². The number of alkyl halides is 2. The molecule has 1 aromatic carbocycles. The zero-order chi connectivity index (χ0) is 24.3. The standard InChI is InChI=1S/C23H22F4N4O3/c1-22-3-2-18(13-8-14(24)10-15(25)9-13)31(22)21(33)23(34-22)4-6-30(7-5-23)20(32)17-12-28-16(11-29-17)19(26)27/h8-12,18-19H,2-7H2,1H3/t18-,22+/m0/s1.